The number of halogens is 1. The Bertz CT molecular complexity index is 1500. The van der Waals surface area contributed by atoms with Gasteiger partial charge < -0.3 is 5.32 Å². The van der Waals surface area contributed by atoms with Crippen LogP contribution in [0.3, 0.4) is 0 Å². The van der Waals surface area contributed by atoms with Crippen molar-refractivity contribution in [3.05, 3.63) is 111 Å². The van der Waals surface area contributed by atoms with E-state index in [2.05, 4.69) is 5.32 Å². The van der Waals surface area contributed by atoms with Crippen molar-refractivity contribution >= 4 is 46.7 Å². The lowest BCUT2D eigenvalue weighted by Crippen LogP contribution is -2.37. The molecule has 0 radical (unpaired) electrons. The van der Waals surface area contributed by atoms with Gasteiger partial charge in [-0.1, -0.05) is 42.5 Å². The Kier molecular flexibility index (Phi) is 6.89. The van der Waals surface area contributed by atoms with E-state index >= 15 is 0 Å². The number of benzene rings is 3. The van der Waals surface area contributed by atoms with Crippen LogP contribution in [0, 0.1) is 5.82 Å². The summed E-state index contributed by atoms with van der Waals surface area (Å²) in [5.41, 5.74) is 1.79. The Balaban J connectivity index is 1.19. The van der Waals surface area contributed by atoms with Crippen molar-refractivity contribution < 1.29 is 28.4 Å². The Labute approximate surface area is 221 Å². The lowest BCUT2D eigenvalue weighted by molar-refractivity contribution is -0.122. The first-order chi connectivity index (χ1) is 18.3. The molecule has 3 aromatic carbocycles. The van der Waals surface area contributed by atoms with Gasteiger partial charge in [-0.05, 0) is 53.7 Å². The van der Waals surface area contributed by atoms with E-state index in [1.54, 1.807) is 54.6 Å². The van der Waals surface area contributed by atoms with Gasteiger partial charge in [0, 0.05) is 24.2 Å². The molecule has 2 aliphatic rings. The molecule has 0 aromatic heterocycles. The van der Waals surface area contributed by atoms with Gasteiger partial charge in [0.25, 0.3) is 28.9 Å². The summed E-state index contributed by atoms with van der Waals surface area (Å²) in [5, 5.41) is 2.17. The molecule has 38 heavy (non-hydrogen) atoms. The van der Waals surface area contributed by atoms with E-state index < -0.39 is 22.9 Å². The predicted octanol–water partition coefficient (Wildman–Crippen LogP) is 4.09. The molecule has 0 atom stereocenters. The monoisotopic (exact) mass is 529 g/mol. The SMILES string of the molecule is O=C(NCCN1C(=O)S/C(=C\c2ccccc2F)C1=O)c1cccc(CN2C(=O)c3ccccc3C2=O)c1. The molecule has 8 nitrogen and oxygen atoms in total. The molecule has 2 heterocycles. The number of fused-ring (bicyclic) bond motifs is 1. The molecular formula is C28H20FN3O5S. The van der Waals surface area contributed by atoms with Gasteiger partial charge >= 0.3 is 0 Å². The average Bonchev–Trinajstić information content (AvgIpc) is 3.32. The molecule has 5 amide bonds. The summed E-state index contributed by atoms with van der Waals surface area (Å²) in [6, 6.07) is 19.0. The number of hydrogen-bond acceptors (Lipinski definition) is 6. The van der Waals surface area contributed by atoms with E-state index in [4.69, 9.17) is 0 Å². The number of nitrogens with one attached hydrogen (secondary N) is 1. The molecule has 0 aliphatic carbocycles. The normalized spacial score (nSPS) is 16.0. The van der Waals surface area contributed by atoms with E-state index in [0.717, 1.165) is 9.80 Å². The number of amides is 5. The number of rotatable bonds is 7. The molecule has 10 heteroatoms. The number of thioether (sulfide) groups is 1. The van der Waals surface area contributed by atoms with E-state index in [1.807, 2.05) is 0 Å². The molecular weight excluding hydrogens is 509 g/mol. The molecule has 2 aliphatic heterocycles. The number of carbonyl (C=O) groups excluding carboxylic acids is 5. The lowest BCUT2D eigenvalue weighted by Gasteiger charge is -2.15. The number of nitrogens with zero attached hydrogens (tertiary/aromatic N) is 2. The van der Waals surface area contributed by atoms with Gasteiger partial charge in [-0.25, -0.2) is 4.39 Å². The zero-order chi connectivity index (χ0) is 26.8. The largest absolute Gasteiger partial charge is 0.350 e. The summed E-state index contributed by atoms with van der Waals surface area (Å²) in [4.78, 5) is 65.2. The van der Waals surface area contributed by atoms with Crippen LogP contribution in [0.1, 0.15) is 42.2 Å². The van der Waals surface area contributed by atoms with Gasteiger partial charge in [0.05, 0.1) is 22.6 Å². The summed E-state index contributed by atoms with van der Waals surface area (Å²) in [7, 11) is 0. The highest BCUT2D eigenvalue weighted by Gasteiger charge is 2.36. The first kappa shape index (κ1) is 25.1. The summed E-state index contributed by atoms with van der Waals surface area (Å²) in [5.74, 6) is -2.27. The highest BCUT2D eigenvalue weighted by Crippen LogP contribution is 2.32. The minimum Gasteiger partial charge on any atom is -0.350 e. The van der Waals surface area contributed by atoms with Crippen LogP contribution in [0.4, 0.5) is 9.18 Å². The first-order valence-corrected chi connectivity index (χ1v) is 12.5. The molecule has 3 aromatic rings. The van der Waals surface area contributed by atoms with E-state index in [0.29, 0.717) is 34.0 Å². The molecule has 1 saturated heterocycles. The van der Waals surface area contributed by atoms with Crippen LogP contribution in [0.2, 0.25) is 0 Å². The van der Waals surface area contributed by atoms with Crippen molar-refractivity contribution in [3.8, 4) is 0 Å². The third kappa shape index (κ3) is 4.85. The molecule has 0 saturated carbocycles. The van der Waals surface area contributed by atoms with Gasteiger partial charge in [0.1, 0.15) is 5.82 Å². The van der Waals surface area contributed by atoms with E-state index in [9.17, 15) is 28.4 Å². The van der Waals surface area contributed by atoms with E-state index in [1.165, 1.54) is 24.3 Å². The second-order valence-electron chi connectivity index (χ2n) is 8.55. The topological polar surface area (TPSA) is 104 Å². The highest BCUT2D eigenvalue weighted by atomic mass is 32.2. The van der Waals surface area contributed by atoms with Crippen molar-refractivity contribution in [1.82, 2.24) is 15.1 Å². The Morgan fingerprint density at radius 1 is 0.842 bits per heavy atom. The van der Waals surface area contributed by atoms with Crippen molar-refractivity contribution in [3.63, 3.8) is 0 Å². The molecule has 190 valence electrons. The smallest absolute Gasteiger partial charge is 0.293 e. The fourth-order valence-corrected chi connectivity index (χ4v) is 5.04. The van der Waals surface area contributed by atoms with Crippen LogP contribution < -0.4 is 5.32 Å². The average molecular weight is 530 g/mol. The van der Waals surface area contributed by atoms with Crippen LogP contribution in [-0.4, -0.2) is 51.8 Å². The Morgan fingerprint density at radius 2 is 1.53 bits per heavy atom. The van der Waals surface area contributed by atoms with Crippen molar-refractivity contribution in [2.24, 2.45) is 0 Å². The Hall–Kier alpha value is -4.57. The Morgan fingerprint density at radius 3 is 2.24 bits per heavy atom. The van der Waals surface area contributed by atoms with Gasteiger partial charge in [-0.15, -0.1) is 0 Å². The standard InChI is InChI=1S/C28H20FN3O5S/c29-22-11-4-1-7-18(22)15-23-27(36)31(28(37)38-23)13-12-30-24(33)19-8-5-6-17(14-19)16-32-25(34)20-9-2-3-10-21(20)26(32)35/h1-11,14-15H,12-13,16H2,(H,30,33)/b23-15-. The molecule has 1 N–H and O–H groups in total. The maximum atomic E-state index is 13.9. The van der Waals surface area contributed by atoms with Crippen molar-refractivity contribution in [1.29, 1.82) is 0 Å². The van der Waals surface area contributed by atoms with Crippen LogP contribution in [0.25, 0.3) is 6.08 Å². The fourth-order valence-electron chi connectivity index (χ4n) is 4.19. The third-order valence-electron chi connectivity index (χ3n) is 6.09. The molecule has 0 spiro atoms. The van der Waals surface area contributed by atoms with Crippen LogP contribution >= 0.6 is 11.8 Å². The van der Waals surface area contributed by atoms with E-state index in [-0.39, 0.29) is 41.9 Å². The predicted molar refractivity (Wildman–Crippen MR) is 138 cm³/mol. The maximum absolute atomic E-state index is 13.9. The highest BCUT2D eigenvalue weighted by molar-refractivity contribution is 8.18. The molecule has 0 unspecified atom stereocenters. The molecule has 1 fully saturated rings. The third-order valence-corrected chi connectivity index (χ3v) is 7.00. The fraction of sp³-hybridized carbons (Fsp3) is 0.107. The van der Waals surface area contributed by atoms with Gasteiger partial charge in [-0.3, -0.25) is 33.8 Å². The first-order valence-electron chi connectivity index (χ1n) is 11.7. The summed E-state index contributed by atoms with van der Waals surface area (Å²) in [6.45, 7) is -0.0369. The maximum Gasteiger partial charge on any atom is 0.293 e. The summed E-state index contributed by atoms with van der Waals surface area (Å²) in [6.07, 6.45) is 1.33. The number of imide groups is 2. The lowest BCUT2D eigenvalue weighted by atomic mass is 10.1. The number of hydrogen-bond donors (Lipinski definition) is 1. The zero-order valence-electron chi connectivity index (χ0n) is 19.8. The van der Waals surface area contributed by atoms with Crippen LogP contribution in [-0.2, 0) is 11.3 Å². The van der Waals surface area contributed by atoms with Crippen LogP contribution in [0.5, 0.6) is 0 Å². The second-order valence-corrected chi connectivity index (χ2v) is 9.55. The summed E-state index contributed by atoms with van der Waals surface area (Å²) < 4.78 is 13.9. The van der Waals surface area contributed by atoms with Crippen LogP contribution in [0.15, 0.2) is 77.7 Å². The zero-order valence-corrected chi connectivity index (χ0v) is 20.7. The second kappa shape index (κ2) is 10.4. The minimum absolute atomic E-state index is 0.00643. The van der Waals surface area contributed by atoms with Gasteiger partial charge in [-0.2, -0.15) is 0 Å². The van der Waals surface area contributed by atoms with Gasteiger partial charge in [0.15, 0.2) is 0 Å². The molecule has 0 bridgehead atoms. The van der Waals surface area contributed by atoms with Crippen molar-refractivity contribution in [2.75, 3.05) is 13.1 Å². The van der Waals surface area contributed by atoms with Crippen molar-refractivity contribution in [2.45, 2.75) is 6.54 Å². The minimum atomic E-state index is -0.555. The van der Waals surface area contributed by atoms with Gasteiger partial charge in [0.2, 0.25) is 0 Å². The number of carbonyl (C=O) groups is 5. The quantitative estimate of drug-likeness (QED) is 0.365. The summed E-state index contributed by atoms with van der Waals surface area (Å²) >= 11 is 0.713. The molecule has 5 rings (SSSR count).